The summed E-state index contributed by atoms with van der Waals surface area (Å²) in [4.78, 5) is 33.3. The van der Waals surface area contributed by atoms with Gasteiger partial charge >= 0.3 is 6.09 Å². The fourth-order valence-corrected chi connectivity index (χ4v) is 3.85. The van der Waals surface area contributed by atoms with E-state index in [2.05, 4.69) is 4.98 Å². The van der Waals surface area contributed by atoms with Crippen molar-refractivity contribution in [2.45, 2.75) is 15.4 Å². The molecule has 1 amide bonds. The molecular formula is C24H24N2O4S2. The predicted octanol–water partition coefficient (Wildman–Crippen LogP) is 4.87. The van der Waals surface area contributed by atoms with Gasteiger partial charge in [-0.15, -0.1) is 23.5 Å². The maximum Gasteiger partial charge on any atom is 0.415 e. The number of aliphatic hydroxyl groups is 1. The van der Waals surface area contributed by atoms with Crippen molar-refractivity contribution in [3.05, 3.63) is 84.1 Å². The zero-order valence-electron chi connectivity index (χ0n) is 18.0. The molecule has 1 heterocycles. The second-order valence-corrected chi connectivity index (χ2v) is 8.71. The Labute approximate surface area is 196 Å². The molecule has 3 rings (SSSR count). The Morgan fingerprint density at radius 3 is 2.09 bits per heavy atom. The third-order valence-electron chi connectivity index (χ3n) is 4.97. The largest absolute Gasteiger partial charge is 0.445 e. The number of hydrogen-bond donors (Lipinski definition) is 1. The Balaban J connectivity index is 1.88. The quantitative estimate of drug-likeness (QED) is 0.373. The number of ketones is 1. The highest BCUT2D eigenvalue weighted by atomic mass is 32.2. The van der Waals surface area contributed by atoms with E-state index >= 15 is 0 Å². The molecule has 0 spiro atoms. The molecule has 1 atom stereocenters. The number of benzene rings is 2. The van der Waals surface area contributed by atoms with Crippen LogP contribution < -0.4 is 4.90 Å². The molecule has 6 nitrogen and oxygen atoms in total. The van der Waals surface area contributed by atoms with Gasteiger partial charge in [-0.05, 0) is 54.5 Å². The minimum absolute atomic E-state index is 0.327. The molecule has 0 bridgehead atoms. The first-order valence-corrected chi connectivity index (χ1v) is 12.2. The lowest BCUT2D eigenvalue weighted by Crippen LogP contribution is -2.43. The maximum atomic E-state index is 13.4. The van der Waals surface area contributed by atoms with Crippen molar-refractivity contribution in [1.29, 1.82) is 0 Å². The Hall–Kier alpha value is -2.81. The monoisotopic (exact) mass is 468 g/mol. The second-order valence-electron chi connectivity index (χ2n) is 6.95. The van der Waals surface area contributed by atoms with Crippen molar-refractivity contribution in [2.75, 3.05) is 31.1 Å². The zero-order valence-corrected chi connectivity index (χ0v) is 19.7. The van der Waals surface area contributed by atoms with Gasteiger partial charge in [0.25, 0.3) is 0 Å². The number of hydrogen-bond acceptors (Lipinski definition) is 7. The molecule has 3 aromatic rings. The molecule has 0 aliphatic heterocycles. The smallest absolute Gasteiger partial charge is 0.415 e. The highest BCUT2D eigenvalue weighted by Gasteiger charge is 2.40. The van der Waals surface area contributed by atoms with Crippen LogP contribution in [-0.4, -0.2) is 48.1 Å². The van der Waals surface area contributed by atoms with E-state index in [4.69, 9.17) is 4.74 Å². The van der Waals surface area contributed by atoms with Crippen LogP contribution in [0.1, 0.15) is 15.9 Å². The number of carbonyl (C=O) groups is 2. The number of rotatable bonds is 8. The summed E-state index contributed by atoms with van der Waals surface area (Å²) in [5.74, 6) is -0.153. The van der Waals surface area contributed by atoms with E-state index in [0.29, 0.717) is 16.9 Å². The maximum absolute atomic E-state index is 13.4. The molecule has 0 fully saturated rings. The van der Waals surface area contributed by atoms with E-state index in [1.807, 2.05) is 36.8 Å². The molecule has 1 unspecified atom stereocenters. The number of carbonyl (C=O) groups excluding carboxylic acids is 2. The average molecular weight is 469 g/mol. The van der Waals surface area contributed by atoms with Crippen LogP contribution in [0, 0.1) is 0 Å². The SMILES string of the molecule is CSc1ccc(C(=O)C(O)(COC(=O)N(C)c2ccccn2)c2ccc(SC)cc2)cc1. The van der Waals surface area contributed by atoms with Gasteiger partial charge in [0.1, 0.15) is 12.4 Å². The molecule has 2 aromatic carbocycles. The number of aromatic nitrogens is 1. The normalized spacial score (nSPS) is 12.6. The topological polar surface area (TPSA) is 79.7 Å². The zero-order chi connectivity index (χ0) is 23.1. The Morgan fingerprint density at radius 1 is 0.969 bits per heavy atom. The number of nitrogens with zero attached hydrogens (tertiary/aromatic N) is 2. The molecule has 166 valence electrons. The van der Waals surface area contributed by atoms with Gasteiger partial charge in [-0.25, -0.2) is 9.78 Å². The minimum Gasteiger partial charge on any atom is -0.445 e. The molecular weight excluding hydrogens is 444 g/mol. The lowest BCUT2D eigenvalue weighted by molar-refractivity contribution is -0.00895. The lowest BCUT2D eigenvalue weighted by atomic mass is 9.86. The Kier molecular flexibility index (Phi) is 7.95. The van der Waals surface area contributed by atoms with Gasteiger partial charge in [0.2, 0.25) is 5.78 Å². The van der Waals surface area contributed by atoms with Crippen molar-refractivity contribution in [3.8, 4) is 0 Å². The fourth-order valence-electron chi connectivity index (χ4n) is 3.04. The molecule has 32 heavy (non-hydrogen) atoms. The van der Waals surface area contributed by atoms with Crippen LogP contribution in [-0.2, 0) is 10.3 Å². The Morgan fingerprint density at radius 2 is 1.56 bits per heavy atom. The van der Waals surface area contributed by atoms with Crippen LogP contribution in [0.3, 0.4) is 0 Å². The van der Waals surface area contributed by atoms with Crippen LogP contribution in [0.2, 0.25) is 0 Å². The minimum atomic E-state index is -2.04. The van der Waals surface area contributed by atoms with Gasteiger partial charge in [-0.2, -0.15) is 0 Å². The van der Waals surface area contributed by atoms with Crippen LogP contribution in [0.25, 0.3) is 0 Å². The van der Waals surface area contributed by atoms with Gasteiger partial charge in [-0.3, -0.25) is 9.69 Å². The number of anilines is 1. The van der Waals surface area contributed by atoms with E-state index < -0.39 is 24.1 Å². The standard InChI is InChI=1S/C24H24N2O4S2/c1-26(21-6-4-5-15-25-21)23(28)30-16-24(29,18-9-13-20(32-3)14-10-18)22(27)17-7-11-19(31-2)12-8-17/h4-15,29H,16H2,1-3H3. The second kappa shape index (κ2) is 10.7. The molecule has 1 aromatic heterocycles. The molecule has 1 N–H and O–H groups in total. The van der Waals surface area contributed by atoms with E-state index in [0.717, 1.165) is 9.79 Å². The van der Waals surface area contributed by atoms with Gasteiger partial charge in [0, 0.05) is 28.6 Å². The van der Waals surface area contributed by atoms with Crippen molar-refractivity contribution < 1.29 is 19.4 Å². The van der Waals surface area contributed by atoms with Crippen molar-refractivity contribution in [3.63, 3.8) is 0 Å². The van der Waals surface area contributed by atoms with E-state index in [-0.39, 0.29) is 0 Å². The Bertz CT molecular complexity index is 1060. The third kappa shape index (κ3) is 5.32. The summed E-state index contributed by atoms with van der Waals surface area (Å²) in [5.41, 5.74) is -1.37. The summed E-state index contributed by atoms with van der Waals surface area (Å²) in [7, 11) is 1.51. The molecule has 8 heteroatoms. The van der Waals surface area contributed by atoms with Crippen molar-refractivity contribution in [2.24, 2.45) is 0 Å². The fraction of sp³-hybridized carbons (Fsp3) is 0.208. The molecule has 0 saturated heterocycles. The van der Waals surface area contributed by atoms with Gasteiger partial charge in [-0.1, -0.05) is 30.3 Å². The summed E-state index contributed by atoms with van der Waals surface area (Å²) < 4.78 is 5.39. The summed E-state index contributed by atoms with van der Waals surface area (Å²) in [6.07, 6.45) is 4.71. The average Bonchev–Trinajstić information content (AvgIpc) is 2.86. The number of ether oxygens (including phenoxy) is 1. The third-order valence-corrected chi connectivity index (χ3v) is 6.45. The molecule has 0 radical (unpaired) electrons. The van der Waals surface area contributed by atoms with E-state index in [1.165, 1.54) is 11.9 Å². The molecule has 0 aliphatic carbocycles. The summed E-state index contributed by atoms with van der Waals surface area (Å²) in [6.45, 7) is -0.537. The van der Waals surface area contributed by atoms with Gasteiger partial charge in [0.15, 0.2) is 5.60 Å². The first-order chi connectivity index (χ1) is 15.4. The summed E-state index contributed by atoms with van der Waals surface area (Å²) >= 11 is 3.10. The van der Waals surface area contributed by atoms with Crippen molar-refractivity contribution >= 4 is 41.2 Å². The highest BCUT2D eigenvalue weighted by Crippen LogP contribution is 2.29. The van der Waals surface area contributed by atoms with E-state index in [9.17, 15) is 14.7 Å². The predicted molar refractivity (Wildman–Crippen MR) is 129 cm³/mol. The van der Waals surface area contributed by atoms with Crippen LogP contribution in [0.4, 0.5) is 10.6 Å². The first-order valence-electron chi connectivity index (χ1n) is 9.76. The van der Waals surface area contributed by atoms with Gasteiger partial charge < -0.3 is 9.84 Å². The lowest BCUT2D eigenvalue weighted by Gasteiger charge is -2.28. The number of pyridine rings is 1. The van der Waals surface area contributed by atoms with Crippen LogP contribution >= 0.6 is 23.5 Å². The number of Topliss-reactive ketones (excluding diaryl/α,β-unsaturated/α-hetero) is 1. The number of amides is 1. The van der Waals surface area contributed by atoms with Crippen LogP contribution in [0.15, 0.2) is 82.7 Å². The van der Waals surface area contributed by atoms with E-state index in [1.54, 1.807) is 72.2 Å². The van der Waals surface area contributed by atoms with Crippen molar-refractivity contribution in [1.82, 2.24) is 4.98 Å². The molecule has 0 saturated carbocycles. The number of thioether (sulfide) groups is 2. The van der Waals surface area contributed by atoms with Crippen LogP contribution in [0.5, 0.6) is 0 Å². The highest BCUT2D eigenvalue weighted by molar-refractivity contribution is 7.98. The first kappa shape index (κ1) is 23.8. The molecule has 0 aliphatic rings. The summed E-state index contributed by atoms with van der Waals surface area (Å²) in [6, 6.07) is 19.1. The van der Waals surface area contributed by atoms with Gasteiger partial charge in [0.05, 0.1) is 0 Å². The summed E-state index contributed by atoms with van der Waals surface area (Å²) in [5, 5.41) is 11.5.